The average molecular weight is 393 g/mol. The number of sulfonamides is 1. The van der Waals surface area contributed by atoms with Gasteiger partial charge in [-0.2, -0.15) is 13.2 Å². The highest BCUT2D eigenvalue weighted by Gasteiger charge is 2.45. The molecule has 1 aliphatic rings. The summed E-state index contributed by atoms with van der Waals surface area (Å²) in [5.74, 6) is -1.08. The van der Waals surface area contributed by atoms with Crippen molar-refractivity contribution >= 4 is 16.0 Å². The number of carboxylic acid groups (broad SMARTS) is 1. The van der Waals surface area contributed by atoms with E-state index in [4.69, 9.17) is 0 Å². The molecule has 0 aromatic heterocycles. The summed E-state index contributed by atoms with van der Waals surface area (Å²) in [6, 6.07) is 2.86. The molecule has 0 bridgehead atoms. The van der Waals surface area contributed by atoms with E-state index in [1.165, 1.54) is 0 Å². The number of carbonyl (C=O) groups is 1. The van der Waals surface area contributed by atoms with E-state index in [-0.39, 0.29) is 10.8 Å². The molecular weight excluding hydrogens is 371 g/mol. The molecule has 0 spiro atoms. The SMILES string of the molecule is CCC1C[C@H](NS(=O)(=O)c2ccc(C(F)(F)F)cc2)CC[C@@]1(C)C(=O)O. The Balaban J connectivity index is 2.14. The summed E-state index contributed by atoms with van der Waals surface area (Å²) in [5.41, 5.74) is -1.82. The molecule has 2 N–H and O–H groups in total. The number of hydrogen-bond acceptors (Lipinski definition) is 3. The summed E-state index contributed by atoms with van der Waals surface area (Å²) in [6.07, 6.45) is -2.87. The van der Waals surface area contributed by atoms with Crippen LogP contribution in [0.25, 0.3) is 0 Å². The minimum absolute atomic E-state index is 0.186. The van der Waals surface area contributed by atoms with Gasteiger partial charge in [-0.1, -0.05) is 13.3 Å². The van der Waals surface area contributed by atoms with Gasteiger partial charge in [0.25, 0.3) is 0 Å². The van der Waals surface area contributed by atoms with Gasteiger partial charge in [-0.15, -0.1) is 0 Å². The van der Waals surface area contributed by atoms with Crippen molar-refractivity contribution < 1.29 is 31.5 Å². The first-order chi connectivity index (χ1) is 11.9. The number of benzene rings is 1. The van der Waals surface area contributed by atoms with Gasteiger partial charge in [0, 0.05) is 6.04 Å². The normalized spacial score (nSPS) is 27.3. The van der Waals surface area contributed by atoms with Crippen LogP contribution in [0.4, 0.5) is 13.2 Å². The van der Waals surface area contributed by atoms with Crippen molar-refractivity contribution in [1.82, 2.24) is 4.72 Å². The van der Waals surface area contributed by atoms with Crippen molar-refractivity contribution in [2.45, 2.75) is 56.6 Å². The Bertz CT molecular complexity index is 761. The first kappa shape index (κ1) is 20.7. The van der Waals surface area contributed by atoms with E-state index in [2.05, 4.69) is 4.72 Å². The molecule has 1 aliphatic carbocycles. The molecule has 2 rings (SSSR count). The summed E-state index contributed by atoms with van der Waals surface area (Å²) in [5, 5.41) is 9.46. The third kappa shape index (κ3) is 4.20. The number of carboxylic acids is 1. The van der Waals surface area contributed by atoms with Crippen LogP contribution in [-0.2, 0) is 21.0 Å². The van der Waals surface area contributed by atoms with E-state index < -0.39 is 39.2 Å². The molecule has 1 saturated carbocycles. The number of alkyl halides is 3. The fraction of sp³-hybridized carbons (Fsp3) is 0.588. The van der Waals surface area contributed by atoms with Crippen molar-refractivity contribution in [3.05, 3.63) is 29.8 Å². The number of hydrogen-bond donors (Lipinski definition) is 2. The molecule has 1 unspecified atom stereocenters. The van der Waals surface area contributed by atoms with Crippen molar-refractivity contribution in [2.75, 3.05) is 0 Å². The van der Waals surface area contributed by atoms with Crippen LogP contribution in [0.3, 0.4) is 0 Å². The predicted molar refractivity (Wildman–Crippen MR) is 88.9 cm³/mol. The lowest BCUT2D eigenvalue weighted by Gasteiger charge is -2.41. The molecule has 1 aromatic carbocycles. The van der Waals surface area contributed by atoms with Crippen LogP contribution in [-0.4, -0.2) is 25.5 Å². The maximum absolute atomic E-state index is 12.6. The van der Waals surface area contributed by atoms with Crippen LogP contribution in [0.15, 0.2) is 29.2 Å². The smallest absolute Gasteiger partial charge is 0.416 e. The second-order valence-corrected chi connectivity index (χ2v) is 8.66. The molecule has 9 heteroatoms. The highest BCUT2D eigenvalue weighted by Crippen LogP contribution is 2.43. The highest BCUT2D eigenvalue weighted by atomic mass is 32.2. The van der Waals surface area contributed by atoms with Gasteiger partial charge in [-0.25, -0.2) is 13.1 Å². The van der Waals surface area contributed by atoms with Crippen molar-refractivity contribution in [1.29, 1.82) is 0 Å². The third-order valence-electron chi connectivity index (χ3n) is 5.28. The summed E-state index contributed by atoms with van der Waals surface area (Å²) < 4.78 is 65.2. The van der Waals surface area contributed by atoms with Gasteiger partial charge in [0.1, 0.15) is 0 Å². The summed E-state index contributed by atoms with van der Waals surface area (Å²) in [6.45, 7) is 3.53. The molecule has 3 atom stereocenters. The lowest BCUT2D eigenvalue weighted by atomic mass is 9.65. The molecular formula is C17H22F3NO4S. The Morgan fingerprint density at radius 2 is 1.88 bits per heavy atom. The Hall–Kier alpha value is -1.61. The van der Waals surface area contributed by atoms with Gasteiger partial charge in [0.05, 0.1) is 15.9 Å². The first-order valence-electron chi connectivity index (χ1n) is 8.33. The molecule has 146 valence electrons. The van der Waals surface area contributed by atoms with E-state index in [9.17, 15) is 31.5 Å². The van der Waals surface area contributed by atoms with Gasteiger partial charge in [-0.05, 0) is 56.4 Å². The molecule has 1 fully saturated rings. The minimum atomic E-state index is -4.53. The van der Waals surface area contributed by atoms with E-state index in [0.29, 0.717) is 25.7 Å². The summed E-state index contributed by atoms with van der Waals surface area (Å²) in [4.78, 5) is 11.3. The number of aliphatic carboxylic acids is 1. The predicted octanol–water partition coefficient (Wildman–Crippen LogP) is 3.65. The molecule has 0 radical (unpaired) electrons. The summed E-state index contributed by atoms with van der Waals surface area (Å²) in [7, 11) is -3.98. The molecule has 0 aliphatic heterocycles. The van der Waals surface area contributed by atoms with Crippen LogP contribution >= 0.6 is 0 Å². The Morgan fingerprint density at radius 3 is 2.35 bits per heavy atom. The number of nitrogens with one attached hydrogen (secondary N) is 1. The van der Waals surface area contributed by atoms with E-state index in [1.807, 2.05) is 6.92 Å². The van der Waals surface area contributed by atoms with Gasteiger partial charge < -0.3 is 5.11 Å². The second-order valence-electron chi connectivity index (χ2n) is 6.94. The maximum Gasteiger partial charge on any atom is 0.416 e. The van der Waals surface area contributed by atoms with Gasteiger partial charge in [0.2, 0.25) is 10.0 Å². The molecule has 0 saturated heterocycles. The first-order valence-corrected chi connectivity index (χ1v) is 9.81. The Labute approximate surface area is 150 Å². The highest BCUT2D eigenvalue weighted by molar-refractivity contribution is 7.89. The van der Waals surface area contributed by atoms with Gasteiger partial charge >= 0.3 is 12.1 Å². The van der Waals surface area contributed by atoms with Crippen LogP contribution in [0.5, 0.6) is 0 Å². The molecule has 26 heavy (non-hydrogen) atoms. The van der Waals surface area contributed by atoms with Crippen molar-refractivity contribution in [3.63, 3.8) is 0 Å². The molecule has 1 aromatic rings. The monoisotopic (exact) mass is 393 g/mol. The zero-order chi connectivity index (χ0) is 19.8. The zero-order valence-corrected chi connectivity index (χ0v) is 15.3. The van der Waals surface area contributed by atoms with Crippen LogP contribution < -0.4 is 4.72 Å². The van der Waals surface area contributed by atoms with Crippen LogP contribution in [0.1, 0.15) is 45.1 Å². The van der Waals surface area contributed by atoms with E-state index in [1.54, 1.807) is 6.92 Å². The summed E-state index contributed by atoms with van der Waals surface area (Å²) >= 11 is 0. The Morgan fingerprint density at radius 1 is 1.31 bits per heavy atom. The standard InChI is InChI=1S/C17H22F3NO4S/c1-3-11-10-13(8-9-16(11,2)15(22)23)21-26(24,25)14-6-4-12(5-7-14)17(18,19)20/h4-7,11,13,21H,3,8-10H2,1-2H3,(H,22,23)/t11?,13-,16-/m1/s1. The third-order valence-corrected chi connectivity index (χ3v) is 6.81. The van der Waals surface area contributed by atoms with Crippen molar-refractivity contribution in [2.24, 2.45) is 11.3 Å². The fourth-order valence-corrected chi connectivity index (χ4v) is 4.80. The fourth-order valence-electron chi connectivity index (χ4n) is 3.52. The molecule has 0 heterocycles. The van der Waals surface area contributed by atoms with Gasteiger partial charge in [0.15, 0.2) is 0 Å². The minimum Gasteiger partial charge on any atom is -0.481 e. The van der Waals surface area contributed by atoms with Crippen LogP contribution in [0, 0.1) is 11.3 Å². The average Bonchev–Trinajstić information content (AvgIpc) is 2.55. The number of rotatable bonds is 5. The largest absolute Gasteiger partial charge is 0.481 e. The topological polar surface area (TPSA) is 83.5 Å². The number of halogens is 3. The quantitative estimate of drug-likeness (QED) is 0.800. The lowest BCUT2D eigenvalue weighted by molar-refractivity contribution is -0.154. The zero-order valence-electron chi connectivity index (χ0n) is 14.5. The Kier molecular flexibility index (Phi) is 5.72. The maximum atomic E-state index is 12.6. The van der Waals surface area contributed by atoms with Crippen molar-refractivity contribution in [3.8, 4) is 0 Å². The molecule has 5 nitrogen and oxygen atoms in total. The van der Waals surface area contributed by atoms with E-state index >= 15 is 0 Å². The second kappa shape index (κ2) is 7.19. The van der Waals surface area contributed by atoms with Gasteiger partial charge in [-0.3, -0.25) is 4.79 Å². The van der Waals surface area contributed by atoms with Crippen LogP contribution in [0.2, 0.25) is 0 Å². The van der Waals surface area contributed by atoms with E-state index in [0.717, 1.165) is 24.3 Å². The lowest BCUT2D eigenvalue weighted by Crippen LogP contribution is -2.47. The molecule has 0 amide bonds.